The third-order valence-corrected chi connectivity index (χ3v) is 2.84. The first-order valence-corrected chi connectivity index (χ1v) is 6.77. The number of aromatic nitrogens is 4. The fraction of sp³-hybridized carbons (Fsp3) is 0.500. The van der Waals surface area contributed by atoms with Crippen molar-refractivity contribution in [2.75, 3.05) is 13.7 Å². The number of nitrogens with one attached hydrogen (secondary N) is 1. The Balaban J connectivity index is 2.12. The predicted molar refractivity (Wildman–Crippen MR) is 76.4 cm³/mol. The van der Waals surface area contributed by atoms with E-state index in [1.54, 1.807) is 11.8 Å². The molecular formula is C14H21N5O. The summed E-state index contributed by atoms with van der Waals surface area (Å²) in [6.07, 6.45) is 0. The van der Waals surface area contributed by atoms with Gasteiger partial charge in [-0.2, -0.15) is 4.68 Å². The van der Waals surface area contributed by atoms with E-state index in [9.17, 15) is 0 Å². The Morgan fingerprint density at radius 1 is 1.35 bits per heavy atom. The number of ether oxygens (including phenoxy) is 1. The van der Waals surface area contributed by atoms with Crippen molar-refractivity contribution in [3.05, 3.63) is 35.7 Å². The molecule has 2 aromatic rings. The molecule has 1 aromatic carbocycles. The van der Waals surface area contributed by atoms with Crippen molar-refractivity contribution in [2.24, 2.45) is 5.92 Å². The summed E-state index contributed by atoms with van der Waals surface area (Å²) in [6, 6.07) is 8.03. The third-order valence-electron chi connectivity index (χ3n) is 2.84. The van der Waals surface area contributed by atoms with Crippen molar-refractivity contribution in [1.82, 2.24) is 25.5 Å². The molecule has 0 bridgehead atoms. The van der Waals surface area contributed by atoms with Crippen LogP contribution >= 0.6 is 0 Å². The molecule has 0 saturated heterocycles. The lowest BCUT2D eigenvalue weighted by molar-refractivity contribution is 0.185. The first-order chi connectivity index (χ1) is 9.70. The zero-order valence-corrected chi connectivity index (χ0v) is 12.2. The minimum absolute atomic E-state index is 0.580. The number of benzene rings is 1. The molecule has 0 aliphatic carbocycles. The summed E-state index contributed by atoms with van der Waals surface area (Å²) in [6.45, 7) is 6.52. The number of rotatable bonds is 7. The molecule has 0 saturated carbocycles. The first-order valence-electron chi connectivity index (χ1n) is 6.77. The van der Waals surface area contributed by atoms with Gasteiger partial charge in [-0.25, -0.2) is 0 Å². The van der Waals surface area contributed by atoms with Gasteiger partial charge in [0.05, 0.1) is 18.8 Å². The van der Waals surface area contributed by atoms with E-state index in [0.29, 0.717) is 19.1 Å². The maximum absolute atomic E-state index is 5.15. The van der Waals surface area contributed by atoms with E-state index in [0.717, 1.165) is 23.6 Å². The van der Waals surface area contributed by atoms with E-state index in [1.165, 1.54) is 0 Å². The monoisotopic (exact) mass is 275 g/mol. The Hall–Kier alpha value is -1.79. The molecular weight excluding hydrogens is 254 g/mol. The Morgan fingerprint density at radius 3 is 2.95 bits per heavy atom. The molecule has 108 valence electrons. The minimum Gasteiger partial charge on any atom is -0.380 e. The molecule has 0 amide bonds. The summed E-state index contributed by atoms with van der Waals surface area (Å²) in [4.78, 5) is 0. The zero-order chi connectivity index (χ0) is 14.4. The number of hydrogen-bond donors (Lipinski definition) is 1. The van der Waals surface area contributed by atoms with Crippen LogP contribution in [0.15, 0.2) is 24.3 Å². The summed E-state index contributed by atoms with van der Waals surface area (Å²) >= 11 is 0. The Bertz CT molecular complexity index is 538. The highest BCUT2D eigenvalue weighted by Gasteiger charge is 2.08. The van der Waals surface area contributed by atoms with Crippen LogP contribution in [0.25, 0.3) is 5.69 Å². The molecule has 0 aliphatic rings. The lowest BCUT2D eigenvalue weighted by Crippen LogP contribution is -2.21. The highest BCUT2D eigenvalue weighted by Crippen LogP contribution is 2.11. The molecule has 0 atom stereocenters. The smallest absolute Gasteiger partial charge is 0.170 e. The molecule has 1 heterocycles. The van der Waals surface area contributed by atoms with Gasteiger partial charge in [-0.3, -0.25) is 0 Å². The zero-order valence-electron chi connectivity index (χ0n) is 12.2. The molecule has 6 nitrogen and oxygen atoms in total. The highest BCUT2D eigenvalue weighted by molar-refractivity contribution is 5.35. The summed E-state index contributed by atoms with van der Waals surface area (Å²) < 4.78 is 6.90. The van der Waals surface area contributed by atoms with Gasteiger partial charge in [-0.1, -0.05) is 26.0 Å². The Kier molecular flexibility index (Phi) is 5.20. The van der Waals surface area contributed by atoms with Crippen molar-refractivity contribution in [2.45, 2.75) is 27.0 Å². The molecule has 0 unspecified atom stereocenters. The molecule has 0 aliphatic heterocycles. The summed E-state index contributed by atoms with van der Waals surface area (Å²) in [7, 11) is 1.69. The van der Waals surface area contributed by atoms with E-state index in [1.807, 2.05) is 24.3 Å². The second kappa shape index (κ2) is 7.12. The second-order valence-electron chi connectivity index (χ2n) is 5.13. The van der Waals surface area contributed by atoms with Crippen LogP contribution in [0.1, 0.15) is 25.2 Å². The lowest BCUT2D eigenvalue weighted by Gasteiger charge is -2.09. The standard InChI is InChI=1S/C14H21N5O/c1-11(2)8-15-9-14-16-17-18-19(14)13-6-4-5-12(7-13)10-20-3/h4-7,11,15H,8-10H2,1-3H3. The first kappa shape index (κ1) is 14.6. The van der Waals surface area contributed by atoms with Crippen LogP contribution in [0.2, 0.25) is 0 Å². The van der Waals surface area contributed by atoms with Crippen LogP contribution in [0, 0.1) is 5.92 Å². The number of tetrazole rings is 1. The van der Waals surface area contributed by atoms with Gasteiger partial charge in [0.25, 0.3) is 0 Å². The van der Waals surface area contributed by atoms with Gasteiger partial charge in [0.2, 0.25) is 0 Å². The van der Waals surface area contributed by atoms with Crippen molar-refractivity contribution < 1.29 is 4.74 Å². The van der Waals surface area contributed by atoms with Crippen LogP contribution in [-0.2, 0) is 17.9 Å². The van der Waals surface area contributed by atoms with E-state index in [-0.39, 0.29) is 0 Å². The molecule has 0 spiro atoms. The predicted octanol–water partition coefficient (Wildman–Crippen LogP) is 1.55. The van der Waals surface area contributed by atoms with Gasteiger partial charge in [-0.15, -0.1) is 5.10 Å². The van der Waals surface area contributed by atoms with Crippen molar-refractivity contribution in [3.63, 3.8) is 0 Å². The van der Waals surface area contributed by atoms with E-state index >= 15 is 0 Å². The van der Waals surface area contributed by atoms with Crippen LogP contribution in [0.5, 0.6) is 0 Å². The quantitative estimate of drug-likeness (QED) is 0.830. The largest absolute Gasteiger partial charge is 0.380 e. The van der Waals surface area contributed by atoms with E-state index in [2.05, 4.69) is 34.7 Å². The van der Waals surface area contributed by atoms with Gasteiger partial charge in [-0.05, 0) is 40.6 Å². The molecule has 20 heavy (non-hydrogen) atoms. The highest BCUT2D eigenvalue weighted by atomic mass is 16.5. The van der Waals surface area contributed by atoms with Crippen LogP contribution in [0.3, 0.4) is 0 Å². The molecule has 0 fully saturated rings. The fourth-order valence-corrected chi connectivity index (χ4v) is 1.93. The topological polar surface area (TPSA) is 64.9 Å². The van der Waals surface area contributed by atoms with Gasteiger partial charge in [0.15, 0.2) is 5.82 Å². The second-order valence-corrected chi connectivity index (χ2v) is 5.13. The molecule has 6 heteroatoms. The van der Waals surface area contributed by atoms with Crippen molar-refractivity contribution >= 4 is 0 Å². The average Bonchev–Trinajstić information content (AvgIpc) is 2.87. The Labute approximate surface area is 119 Å². The van der Waals surface area contributed by atoms with E-state index < -0.39 is 0 Å². The average molecular weight is 275 g/mol. The number of hydrogen-bond acceptors (Lipinski definition) is 5. The van der Waals surface area contributed by atoms with Crippen molar-refractivity contribution in [3.8, 4) is 5.69 Å². The van der Waals surface area contributed by atoms with Gasteiger partial charge >= 0.3 is 0 Å². The van der Waals surface area contributed by atoms with Gasteiger partial charge in [0, 0.05) is 7.11 Å². The molecule has 0 radical (unpaired) electrons. The van der Waals surface area contributed by atoms with E-state index in [4.69, 9.17) is 4.74 Å². The third kappa shape index (κ3) is 3.85. The number of methoxy groups -OCH3 is 1. The summed E-state index contributed by atoms with van der Waals surface area (Å²) in [5.74, 6) is 1.41. The van der Waals surface area contributed by atoms with Gasteiger partial charge < -0.3 is 10.1 Å². The van der Waals surface area contributed by atoms with Gasteiger partial charge in [0.1, 0.15) is 0 Å². The van der Waals surface area contributed by atoms with Crippen molar-refractivity contribution in [1.29, 1.82) is 0 Å². The fourth-order valence-electron chi connectivity index (χ4n) is 1.93. The molecule has 2 rings (SSSR count). The molecule has 1 N–H and O–H groups in total. The van der Waals surface area contributed by atoms with Crippen LogP contribution in [-0.4, -0.2) is 33.9 Å². The Morgan fingerprint density at radius 2 is 2.20 bits per heavy atom. The SMILES string of the molecule is COCc1cccc(-n2nnnc2CNCC(C)C)c1. The normalized spacial score (nSPS) is 11.2. The van der Waals surface area contributed by atoms with Crippen LogP contribution < -0.4 is 5.32 Å². The summed E-state index contributed by atoms with van der Waals surface area (Å²) in [5.41, 5.74) is 2.05. The van der Waals surface area contributed by atoms with Crippen LogP contribution in [0.4, 0.5) is 0 Å². The maximum Gasteiger partial charge on any atom is 0.170 e. The lowest BCUT2D eigenvalue weighted by atomic mass is 10.2. The number of nitrogens with zero attached hydrogens (tertiary/aromatic N) is 4. The summed E-state index contributed by atoms with van der Waals surface area (Å²) in [5, 5.41) is 15.2. The molecule has 1 aromatic heterocycles. The minimum atomic E-state index is 0.580. The maximum atomic E-state index is 5.15.